The average molecular weight is 499 g/mol. The second-order valence-corrected chi connectivity index (χ2v) is 8.89. The predicted octanol–water partition coefficient (Wildman–Crippen LogP) is 4.13. The number of aliphatic carboxylic acids is 1. The molecule has 0 aliphatic carbocycles. The fraction of sp³-hybridized carbons (Fsp3) is 0.318. The quantitative estimate of drug-likeness (QED) is 0.334. The van der Waals surface area contributed by atoms with Crippen molar-refractivity contribution in [1.29, 1.82) is 0 Å². The molecule has 2 rings (SSSR count). The molecule has 0 bridgehead atoms. The molecule has 184 valence electrons. The van der Waals surface area contributed by atoms with Crippen molar-refractivity contribution in [2.24, 2.45) is 17.4 Å². The van der Waals surface area contributed by atoms with E-state index in [4.69, 9.17) is 11.5 Å². The standard InChI is InChI=1S/C22H25F3N4O4S/c1-11(2)8-16(20(31)32)28-7-3-4-12-5-6-13(9-15(12)22(23,24)25)17-10-14(18(26)30)19(34-17)29-21(27)33/h3-6,9-11,16,28H,7-8H2,1-2H3,(H2,26,30)(H,31,32)(H3,27,29,33)/b4-3+/t16-/m0/s1. The summed E-state index contributed by atoms with van der Waals surface area (Å²) in [6, 6.07) is 3.16. The second-order valence-electron chi connectivity index (χ2n) is 7.84. The van der Waals surface area contributed by atoms with Crippen LogP contribution in [0, 0.1) is 5.92 Å². The minimum Gasteiger partial charge on any atom is -0.480 e. The summed E-state index contributed by atoms with van der Waals surface area (Å²) in [6.07, 6.45) is -1.61. The Hall–Kier alpha value is -3.38. The summed E-state index contributed by atoms with van der Waals surface area (Å²) in [7, 11) is 0. The van der Waals surface area contributed by atoms with Crippen molar-refractivity contribution in [3.05, 3.63) is 47.0 Å². The second kappa shape index (κ2) is 11.2. The van der Waals surface area contributed by atoms with Gasteiger partial charge in [0.2, 0.25) is 0 Å². The van der Waals surface area contributed by atoms with Crippen LogP contribution in [-0.4, -0.2) is 35.6 Å². The van der Waals surface area contributed by atoms with E-state index in [9.17, 15) is 32.7 Å². The molecule has 34 heavy (non-hydrogen) atoms. The predicted molar refractivity (Wildman–Crippen MR) is 124 cm³/mol. The van der Waals surface area contributed by atoms with Gasteiger partial charge in [0.1, 0.15) is 11.0 Å². The van der Waals surface area contributed by atoms with Crippen molar-refractivity contribution in [2.75, 3.05) is 11.9 Å². The number of carboxylic acids is 1. The molecular formula is C22H25F3N4O4S. The Bertz CT molecular complexity index is 1100. The maximum atomic E-state index is 13.7. The van der Waals surface area contributed by atoms with E-state index in [0.29, 0.717) is 6.42 Å². The minimum atomic E-state index is -4.68. The Morgan fingerprint density at radius 1 is 1.18 bits per heavy atom. The van der Waals surface area contributed by atoms with Gasteiger partial charge in [-0.1, -0.05) is 38.1 Å². The molecule has 1 atom stereocenters. The van der Waals surface area contributed by atoms with Crippen molar-refractivity contribution in [1.82, 2.24) is 5.32 Å². The number of urea groups is 1. The van der Waals surface area contributed by atoms with E-state index in [0.717, 1.165) is 17.4 Å². The first-order chi connectivity index (χ1) is 15.8. The molecule has 0 unspecified atom stereocenters. The molecule has 1 aromatic carbocycles. The van der Waals surface area contributed by atoms with Crippen LogP contribution in [0.4, 0.5) is 23.0 Å². The number of halogens is 3. The van der Waals surface area contributed by atoms with Crippen LogP contribution in [0.25, 0.3) is 16.5 Å². The highest BCUT2D eigenvalue weighted by molar-refractivity contribution is 7.20. The molecule has 1 aromatic heterocycles. The number of hydrogen-bond donors (Lipinski definition) is 5. The van der Waals surface area contributed by atoms with Crippen LogP contribution in [-0.2, 0) is 11.0 Å². The molecule has 1 heterocycles. The topological polar surface area (TPSA) is 148 Å². The van der Waals surface area contributed by atoms with E-state index in [1.807, 2.05) is 13.8 Å². The van der Waals surface area contributed by atoms with Crippen molar-refractivity contribution < 1.29 is 32.7 Å². The normalized spacial score (nSPS) is 12.8. The first kappa shape index (κ1) is 26.9. The molecule has 2 aromatic rings. The number of anilines is 1. The number of carboxylic acid groups (broad SMARTS) is 1. The van der Waals surface area contributed by atoms with Gasteiger partial charge < -0.3 is 21.9 Å². The highest BCUT2D eigenvalue weighted by Gasteiger charge is 2.33. The lowest BCUT2D eigenvalue weighted by atomic mass is 10.0. The SMILES string of the molecule is CC(C)C[C@H](NC/C=C/c1ccc(-c2cc(C(N)=O)c(NC(N)=O)s2)cc1C(F)(F)F)C(=O)O. The summed E-state index contributed by atoms with van der Waals surface area (Å²) < 4.78 is 41.2. The van der Waals surface area contributed by atoms with Crippen LogP contribution in [0.2, 0.25) is 0 Å². The summed E-state index contributed by atoms with van der Waals surface area (Å²) in [4.78, 5) is 34.3. The fourth-order valence-electron chi connectivity index (χ4n) is 3.16. The Morgan fingerprint density at radius 2 is 1.85 bits per heavy atom. The molecule has 0 radical (unpaired) electrons. The van der Waals surface area contributed by atoms with Crippen LogP contribution in [0.15, 0.2) is 30.3 Å². The summed E-state index contributed by atoms with van der Waals surface area (Å²) in [5.41, 5.74) is 9.41. The van der Waals surface area contributed by atoms with Crippen LogP contribution in [0.1, 0.15) is 41.8 Å². The molecule has 0 aliphatic rings. The van der Waals surface area contributed by atoms with E-state index >= 15 is 0 Å². The minimum absolute atomic E-state index is 0.0352. The van der Waals surface area contributed by atoms with E-state index < -0.39 is 35.7 Å². The fourth-order valence-corrected chi connectivity index (χ4v) is 4.22. The number of nitrogens with two attached hydrogens (primary N) is 2. The Balaban J connectivity index is 2.33. The third-order valence-corrected chi connectivity index (χ3v) is 5.76. The smallest absolute Gasteiger partial charge is 0.417 e. The third-order valence-electron chi connectivity index (χ3n) is 4.66. The van der Waals surface area contributed by atoms with Crippen molar-refractivity contribution >= 4 is 40.3 Å². The van der Waals surface area contributed by atoms with Gasteiger partial charge >= 0.3 is 18.2 Å². The molecule has 7 N–H and O–H groups in total. The highest BCUT2D eigenvalue weighted by atomic mass is 32.1. The molecule has 12 heteroatoms. The number of carbonyl (C=O) groups excluding carboxylic acids is 2. The number of hydrogen-bond acceptors (Lipinski definition) is 5. The van der Waals surface area contributed by atoms with Crippen LogP contribution in [0.5, 0.6) is 0 Å². The summed E-state index contributed by atoms with van der Waals surface area (Å²) in [6.45, 7) is 3.81. The lowest BCUT2D eigenvalue weighted by molar-refractivity contribution is -0.140. The van der Waals surface area contributed by atoms with Gasteiger partial charge in [-0.25, -0.2) is 4.79 Å². The van der Waals surface area contributed by atoms with Gasteiger partial charge in [-0.15, -0.1) is 11.3 Å². The van der Waals surface area contributed by atoms with Gasteiger partial charge in [-0.3, -0.25) is 14.9 Å². The number of rotatable bonds is 10. The van der Waals surface area contributed by atoms with Gasteiger partial charge in [-0.2, -0.15) is 13.2 Å². The maximum absolute atomic E-state index is 13.7. The monoisotopic (exact) mass is 498 g/mol. The summed E-state index contributed by atoms with van der Waals surface area (Å²) in [5.74, 6) is -1.77. The molecule has 0 saturated carbocycles. The maximum Gasteiger partial charge on any atom is 0.417 e. The number of carbonyl (C=O) groups is 3. The molecule has 3 amide bonds. The van der Waals surface area contributed by atoms with Crippen molar-refractivity contribution in [3.63, 3.8) is 0 Å². The molecule has 0 fully saturated rings. The highest BCUT2D eigenvalue weighted by Crippen LogP contribution is 2.39. The van der Waals surface area contributed by atoms with Crippen LogP contribution in [0.3, 0.4) is 0 Å². The van der Waals surface area contributed by atoms with Gasteiger partial charge in [0.25, 0.3) is 5.91 Å². The third kappa shape index (κ3) is 7.32. The van der Waals surface area contributed by atoms with Gasteiger partial charge in [-0.05, 0) is 35.6 Å². The lowest BCUT2D eigenvalue weighted by Crippen LogP contribution is -2.37. The van der Waals surface area contributed by atoms with Crippen LogP contribution < -0.4 is 22.1 Å². The number of benzene rings is 1. The first-order valence-corrected chi connectivity index (χ1v) is 11.0. The molecule has 8 nitrogen and oxygen atoms in total. The van der Waals surface area contributed by atoms with Crippen LogP contribution >= 0.6 is 11.3 Å². The number of amides is 3. The zero-order valence-electron chi connectivity index (χ0n) is 18.4. The Kier molecular flexibility index (Phi) is 8.82. The van der Waals surface area contributed by atoms with Crippen molar-refractivity contribution in [2.45, 2.75) is 32.5 Å². The van der Waals surface area contributed by atoms with Gasteiger partial charge in [0, 0.05) is 11.4 Å². The molecular weight excluding hydrogens is 473 g/mol. The van der Waals surface area contributed by atoms with E-state index in [1.165, 1.54) is 30.4 Å². The number of alkyl halides is 3. The largest absolute Gasteiger partial charge is 0.480 e. The molecule has 0 aliphatic heterocycles. The molecule has 0 saturated heterocycles. The first-order valence-electron chi connectivity index (χ1n) is 10.1. The summed E-state index contributed by atoms with van der Waals surface area (Å²) >= 11 is 0.863. The van der Waals surface area contributed by atoms with E-state index in [1.54, 1.807) is 0 Å². The van der Waals surface area contributed by atoms with Gasteiger partial charge in [0.15, 0.2) is 0 Å². The van der Waals surface area contributed by atoms with E-state index in [2.05, 4.69) is 10.6 Å². The van der Waals surface area contributed by atoms with Crippen molar-refractivity contribution in [3.8, 4) is 10.4 Å². The Morgan fingerprint density at radius 3 is 2.38 bits per heavy atom. The van der Waals surface area contributed by atoms with E-state index in [-0.39, 0.29) is 39.0 Å². The molecule has 0 spiro atoms. The zero-order valence-corrected chi connectivity index (χ0v) is 19.2. The average Bonchev–Trinajstić information content (AvgIpc) is 3.12. The van der Waals surface area contributed by atoms with Gasteiger partial charge in [0.05, 0.1) is 11.1 Å². The number of nitrogens with one attached hydrogen (secondary N) is 2. The lowest BCUT2D eigenvalue weighted by Gasteiger charge is -2.15. The number of primary amides is 2. The summed E-state index contributed by atoms with van der Waals surface area (Å²) in [5, 5.41) is 14.3. The zero-order chi connectivity index (χ0) is 25.6. The Labute approximate surface area is 197 Å². The number of thiophene rings is 1.